The highest BCUT2D eigenvalue weighted by molar-refractivity contribution is 7.98. The van der Waals surface area contributed by atoms with E-state index in [1.54, 1.807) is 24.4 Å². The van der Waals surface area contributed by atoms with Crippen LogP contribution in [0.2, 0.25) is 0 Å². The summed E-state index contributed by atoms with van der Waals surface area (Å²) in [6.45, 7) is 1.24. The Balaban J connectivity index is 1.66. The van der Waals surface area contributed by atoms with Crippen LogP contribution in [0.15, 0.2) is 35.5 Å². The minimum absolute atomic E-state index is 0.00781. The standard InChI is InChI=1S/C17H20N4O3S/c1-23-14-7-8-15(20-19-14)24-12-5-4-10-21(11-12)17(22)13-6-3-9-18-16(13)25-2/h3,6-9,12H,4-5,10-11H2,1-2H3. The molecule has 132 valence electrons. The lowest BCUT2D eigenvalue weighted by Crippen LogP contribution is -2.44. The van der Waals surface area contributed by atoms with Crippen LogP contribution in [0.4, 0.5) is 0 Å². The lowest BCUT2D eigenvalue weighted by atomic mass is 10.1. The van der Waals surface area contributed by atoms with Crippen molar-refractivity contribution >= 4 is 17.7 Å². The fourth-order valence-electron chi connectivity index (χ4n) is 2.76. The molecule has 7 nitrogen and oxygen atoms in total. The van der Waals surface area contributed by atoms with E-state index in [1.165, 1.54) is 18.9 Å². The molecule has 2 aromatic rings. The van der Waals surface area contributed by atoms with Crippen LogP contribution < -0.4 is 9.47 Å². The highest BCUT2D eigenvalue weighted by Crippen LogP contribution is 2.22. The number of carbonyl (C=O) groups is 1. The second-order valence-electron chi connectivity index (χ2n) is 5.61. The molecular formula is C17H20N4O3S. The molecular weight excluding hydrogens is 340 g/mol. The second-order valence-corrected chi connectivity index (χ2v) is 6.40. The van der Waals surface area contributed by atoms with E-state index in [2.05, 4.69) is 15.2 Å². The van der Waals surface area contributed by atoms with E-state index < -0.39 is 0 Å². The zero-order chi connectivity index (χ0) is 17.6. The van der Waals surface area contributed by atoms with Crippen molar-refractivity contribution in [3.63, 3.8) is 0 Å². The predicted octanol–water partition coefficient (Wildman–Crippen LogP) is 2.29. The third-order valence-corrected chi connectivity index (χ3v) is 4.68. The summed E-state index contributed by atoms with van der Waals surface area (Å²) in [7, 11) is 1.54. The number of likely N-dealkylation sites (tertiary alicyclic amines) is 1. The van der Waals surface area contributed by atoms with E-state index in [-0.39, 0.29) is 12.0 Å². The molecule has 3 rings (SSSR count). The number of nitrogens with zero attached hydrogens (tertiary/aromatic N) is 4. The number of hydrogen-bond acceptors (Lipinski definition) is 7. The number of pyridine rings is 1. The molecule has 0 N–H and O–H groups in total. The molecule has 25 heavy (non-hydrogen) atoms. The van der Waals surface area contributed by atoms with E-state index in [0.29, 0.717) is 23.9 Å². The number of thioether (sulfide) groups is 1. The summed E-state index contributed by atoms with van der Waals surface area (Å²) >= 11 is 1.47. The molecule has 0 bridgehead atoms. The summed E-state index contributed by atoms with van der Waals surface area (Å²) in [6, 6.07) is 7.03. The summed E-state index contributed by atoms with van der Waals surface area (Å²) in [5, 5.41) is 8.63. The third kappa shape index (κ3) is 4.19. The van der Waals surface area contributed by atoms with E-state index in [4.69, 9.17) is 9.47 Å². The van der Waals surface area contributed by atoms with Crippen molar-refractivity contribution in [3.8, 4) is 11.8 Å². The zero-order valence-corrected chi connectivity index (χ0v) is 15.0. The second kappa shape index (κ2) is 8.15. The number of amides is 1. The van der Waals surface area contributed by atoms with Crippen LogP contribution in [0.3, 0.4) is 0 Å². The Kier molecular flexibility index (Phi) is 5.70. The van der Waals surface area contributed by atoms with Crippen molar-refractivity contribution in [3.05, 3.63) is 36.0 Å². The van der Waals surface area contributed by atoms with Crippen LogP contribution in [0, 0.1) is 0 Å². The highest BCUT2D eigenvalue weighted by atomic mass is 32.2. The molecule has 0 saturated carbocycles. The summed E-state index contributed by atoms with van der Waals surface area (Å²) < 4.78 is 10.9. The number of ether oxygens (including phenoxy) is 2. The zero-order valence-electron chi connectivity index (χ0n) is 14.2. The van der Waals surface area contributed by atoms with Gasteiger partial charge in [-0.1, -0.05) is 0 Å². The molecule has 8 heteroatoms. The molecule has 1 aliphatic heterocycles. The number of methoxy groups -OCH3 is 1. The Hall–Kier alpha value is -2.35. The lowest BCUT2D eigenvalue weighted by molar-refractivity contribution is 0.0521. The summed E-state index contributed by atoms with van der Waals surface area (Å²) in [5.74, 6) is 0.867. The van der Waals surface area contributed by atoms with E-state index in [1.807, 2.05) is 17.2 Å². The van der Waals surface area contributed by atoms with Gasteiger partial charge >= 0.3 is 0 Å². The van der Waals surface area contributed by atoms with Gasteiger partial charge in [0.1, 0.15) is 11.1 Å². The van der Waals surface area contributed by atoms with Gasteiger partial charge in [-0.2, -0.15) is 0 Å². The Labute approximate surface area is 150 Å². The molecule has 1 unspecified atom stereocenters. The van der Waals surface area contributed by atoms with E-state index >= 15 is 0 Å². The fourth-order valence-corrected chi connectivity index (χ4v) is 3.30. The SMILES string of the molecule is COc1ccc(OC2CCCN(C(=O)c3cccnc3SC)C2)nn1. The van der Waals surface area contributed by atoms with Gasteiger partial charge in [-0.3, -0.25) is 4.79 Å². The number of piperidine rings is 1. The maximum absolute atomic E-state index is 12.8. The van der Waals surface area contributed by atoms with Crippen molar-refractivity contribution in [1.29, 1.82) is 0 Å². The van der Waals surface area contributed by atoms with Gasteiger partial charge in [-0.25, -0.2) is 4.98 Å². The molecule has 0 spiro atoms. The van der Waals surface area contributed by atoms with Crippen molar-refractivity contribution in [2.75, 3.05) is 26.5 Å². The Morgan fingerprint density at radius 2 is 2.08 bits per heavy atom. The lowest BCUT2D eigenvalue weighted by Gasteiger charge is -2.32. The van der Waals surface area contributed by atoms with Gasteiger partial charge in [0.25, 0.3) is 5.91 Å². The van der Waals surface area contributed by atoms with E-state index in [0.717, 1.165) is 24.4 Å². The molecule has 1 saturated heterocycles. The van der Waals surface area contributed by atoms with Crippen molar-refractivity contribution in [2.24, 2.45) is 0 Å². The van der Waals surface area contributed by atoms with Crippen LogP contribution in [-0.2, 0) is 0 Å². The van der Waals surface area contributed by atoms with Crippen LogP contribution >= 0.6 is 11.8 Å². The first kappa shape index (κ1) is 17.5. The monoisotopic (exact) mass is 360 g/mol. The molecule has 1 fully saturated rings. The van der Waals surface area contributed by atoms with Crippen molar-refractivity contribution in [2.45, 2.75) is 24.0 Å². The third-order valence-electron chi connectivity index (χ3n) is 3.97. The molecule has 0 aliphatic carbocycles. The first-order valence-electron chi connectivity index (χ1n) is 8.04. The van der Waals surface area contributed by atoms with Crippen LogP contribution in [0.5, 0.6) is 11.8 Å². The molecule has 1 atom stereocenters. The molecule has 0 aromatic carbocycles. The van der Waals surface area contributed by atoms with Gasteiger partial charge in [0.2, 0.25) is 11.8 Å². The van der Waals surface area contributed by atoms with E-state index in [9.17, 15) is 4.79 Å². The number of rotatable bonds is 5. The van der Waals surface area contributed by atoms with Gasteiger partial charge in [-0.05, 0) is 31.2 Å². The van der Waals surface area contributed by atoms with Crippen LogP contribution in [-0.4, -0.2) is 58.5 Å². The molecule has 0 radical (unpaired) electrons. The summed E-state index contributed by atoms with van der Waals surface area (Å²) in [5.41, 5.74) is 0.639. The topological polar surface area (TPSA) is 77.4 Å². The first-order chi connectivity index (χ1) is 12.2. The number of hydrogen-bond donors (Lipinski definition) is 0. The predicted molar refractivity (Wildman–Crippen MR) is 94.2 cm³/mol. The highest BCUT2D eigenvalue weighted by Gasteiger charge is 2.27. The summed E-state index contributed by atoms with van der Waals surface area (Å²) in [6.07, 6.45) is 5.28. The minimum atomic E-state index is -0.102. The maximum atomic E-state index is 12.8. The quantitative estimate of drug-likeness (QED) is 0.757. The van der Waals surface area contributed by atoms with Crippen molar-refractivity contribution in [1.82, 2.24) is 20.1 Å². The number of aromatic nitrogens is 3. The molecule has 2 aromatic heterocycles. The van der Waals surface area contributed by atoms with Gasteiger partial charge < -0.3 is 14.4 Å². The molecule has 1 amide bonds. The maximum Gasteiger partial charge on any atom is 0.256 e. The Morgan fingerprint density at radius 1 is 1.28 bits per heavy atom. The van der Waals surface area contributed by atoms with Gasteiger partial charge in [0.15, 0.2) is 0 Å². The summed E-state index contributed by atoms with van der Waals surface area (Å²) in [4.78, 5) is 18.9. The average Bonchev–Trinajstić information content (AvgIpc) is 2.68. The van der Waals surface area contributed by atoms with Gasteiger partial charge in [0, 0.05) is 24.9 Å². The smallest absolute Gasteiger partial charge is 0.256 e. The van der Waals surface area contributed by atoms with Gasteiger partial charge in [0.05, 0.1) is 19.2 Å². The number of carbonyl (C=O) groups excluding carboxylic acids is 1. The average molecular weight is 360 g/mol. The Bertz CT molecular complexity index is 726. The largest absolute Gasteiger partial charge is 0.480 e. The van der Waals surface area contributed by atoms with Gasteiger partial charge in [-0.15, -0.1) is 22.0 Å². The normalized spacial score (nSPS) is 17.2. The van der Waals surface area contributed by atoms with Crippen LogP contribution in [0.1, 0.15) is 23.2 Å². The molecule has 1 aliphatic rings. The van der Waals surface area contributed by atoms with Crippen molar-refractivity contribution < 1.29 is 14.3 Å². The minimum Gasteiger partial charge on any atom is -0.480 e. The molecule has 3 heterocycles. The Morgan fingerprint density at radius 3 is 2.80 bits per heavy atom. The fraction of sp³-hybridized carbons (Fsp3) is 0.412. The first-order valence-corrected chi connectivity index (χ1v) is 9.26. The van der Waals surface area contributed by atoms with Crippen LogP contribution in [0.25, 0.3) is 0 Å².